The number of benzene rings is 1. The Balaban J connectivity index is 1.58. The molecule has 6 heteroatoms. The molecule has 1 saturated carbocycles. The van der Waals surface area contributed by atoms with Gasteiger partial charge in [0.2, 0.25) is 5.95 Å². The summed E-state index contributed by atoms with van der Waals surface area (Å²) in [6.45, 7) is 0.695. The third kappa shape index (κ3) is 4.83. The molecule has 0 aliphatic heterocycles. The number of rotatable bonds is 6. The molecule has 2 heterocycles. The Morgan fingerprint density at radius 2 is 1.85 bits per heavy atom. The predicted molar refractivity (Wildman–Crippen MR) is 113 cm³/mol. The third-order valence-corrected chi connectivity index (χ3v) is 5.20. The van der Waals surface area contributed by atoms with Crippen LogP contribution in [0.1, 0.15) is 31.2 Å². The molecule has 5 nitrogen and oxygen atoms in total. The largest absolute Gasteiger partial charge is 0.366 e. The van der Waals surface area contributed by atoms with E-state index in [1.807, 2.05) is 36.4 Å². The molecular weight excluding hydrogens is 402 g/mol. The lowest BCUT2D eigenvalue weighted by molar-refractivity contribution is 0.744. The number of pyridine rings is 1. The number of nitrogens with zero attached hydrogens (tertiary/aromatic N) is 3. The van der Waals surface area contributed by atoms with Crippen LogP contribution in [0.2, 0.25) is 0 Å². The van der Waals surface area contributed by atoms with Crippen LogP contribution in [0.25, 0.3) is 11.4 Å². The zero-order chi connectivity index (χ0) is 18.5. The van der Waals surface area contributed by atoms with Crippen molar-refractivity contribution in [2.45, 2.75) is 38.3 Å². The second-order valence-electron chi connectivity index (χ2n) is 6.79. The lowest BCUT2D eigenvalue weighted by Crippen LogP contribution is -2.17. The summed E-state index contributed by atoms with van der Waals surface area (Å²) in [4.78, 5) is 13.8. The zero-order valence-electron chi connectivity index (χ0n) is 15.0. The highest BCUT2D eigenvalue weighted by Crippen LogP contribution is 2.24. The molecule has 0 bridgehead atoms. The maximum absolute atomic E-state index is 4.70. The summed E-state index contributed by atoms with van der Waals surface area (Å²) in [7, 11) is 0. The van der Waals surface area contributed by atoms with E-state index in [4.69, 9.17) is 4.98 Å². The molecule has 1 fully saturated rings. The molecule has 27 heavy (non-hydrogen) atoms. The topological polar surface area (TPSA) is 62.7 Å². The number of anilines is 2. The molecule has 2 aromatic heterocycles. The summed E-state index contributed by atoms with van der Waals surface area (Å²) < 4.78 is 1.07. The molecule has 1 aromatic carbocycles. The zero-order valence-corrected chi connectivity index (χ0v) is 16.6. The van der Waals surface area contributed by atoms with Crippen molar-refractivity contribution in [1.29, 1.82) is 0 Å². The molecule has 0 amide bonds. The molecule has 2 N–H and O–H groups in total. The average molecular weight is 424 g/mol. The van der Waals surface area contributed by atoms with Gasteiger partial charge in [0.15, 0.2) is 0 Å². The summed E-state index contributed by atoms with van der Waals surface area (Å²) in [6, 6.07) is 16.5. The molecule has 0 radical (unpaired) electrons. The van der Waals surface area contributed by atoms with Gasteiger partial charge in [0.1, 0.15) is 5.82 Å². The van der Waals surface area contributed by atoms with Crippen LogP contribution in [-0.4, -0.2) is 21.0 Å². The first-order chi connectivity index (χ1) is 13.3. The highest BCUT2D eigenvalue weighted by Gasteiger charge is 2.17. The van der Waals surface area contributed by atoms with Gasteiger partial charge >= 0.3 is 0 Å². The average Bonchev–Trinajstić information content (AvgIpc) is 3.20. The minimum absolute atomic E-state index is 0.460. The minimum atomic E-state index is 0.460. The van der Waals surface area contributed by atoms with Gasteiger partial charge in [-0.2, -0.15) is 4.98 Å². The van der Waals surface area contributed by atoms with E-state index in [-0.39, 0.29) is 0 Å². The number of hydrogen-bond donors (Lipinski definition) is 2. The van der Waals surface area contributed by atoms with E-state index in [0.29, 0.717) is 18.5 Å². The first-order valence-corrected chi connectivity index (χ1v) is 10.1. The van der Waals surface area contributed by atoms with Gasteiger partial charge in [0.05, 0.1) is 11.4 Å². The smallest absolute Gasteiger partial charge is 0.225 e. The standard InChI is InChI=1S/C21H22BrN5/c22-16-7-5-6-15(12-16)14-24-20-13-19(18-10-3-4-11-23-18)26-21(27-20)25-17-8-1-2-9-17/h3-7,10-13,17H,1-2,8-9,14H2,(H2,24,25,26,27). The maximum Gasteiger partial charge on any atom is 0.225 e. The Morgan fingerprint density at radius 3 is 2.63 bits per heavy atom. The van der Waals surface area contributed by atoms with Crippen molar-refractivity contribution in [3.05, 3.63) is 64.8 Å². The Labute approximate surface area is 167 Å². The van der Waals surface area contributed by atoms with Crippen LogP contribution in [0.3, 0.4) is 0 Å². The van der Waals surface area contributed by atoms with Gasteiger partial charge < -0.3 is 10.6 Å². The highest BCUT2D eigenvalue weighted by molar-refractivity contribution is 9.10. The molecule has 0 saturated heterocycles. The van der Waals surface area contributed by atoms with Gasteiger partial charge in [0, 0.05) is 29.3 Å². The quantitative estimate of drug-likeness (QED) is 0.565. The van der Waals surface area contributed by atoms with E-state index in [1.165, 1.54) is 31.2 Å². The Kier molecular flexibility index (Phi) is 5.63. The Bertz CT molecular complexity index is 894. The van der Waals surface area contributed by atoms with E-state index in [2.05, 4.69) is 48.7 Å². The van der Waals surface area contributed by atoms with Crippen molar-refractivity contribution in [2.75, 3.05) is 10.6 Å². The summed E-state index contributed by atoms with van der Waals surface area (Å²) in [5.74, 6) is 1.47. The summed E-state index contributed by atoms with van der Waals surface area (Å²) in [5.41, 5.74) is 2.86. The second-order valence-corrected chi connectivity index (χ2v) is 7.70. The minimum Gasteiger partial charge on any atom is -0.366 e. The van der Waals surface area contributed by atoms with Crippen molar-refractivity contribution in [3.8, 4) is 11.4 Å². The lowest BCUT2D eigenvalue weighted by Gasteiger charge is -2.15. The van der Waals surface area contributed by atoms with Crippen LogP contribution >= 0.6 is 15.9 Å². The predicted octanol–water partition coefficient (Wildman–Crippen LogP) is 5.27. The van der Waals surface area contributed by atoms with Crippen LogP contribution in [0.15, 0.2) is 59.2 Å². The first kappa shape index (κ1) is 17.9. The molecule has 0 unspecified atom stereocenters. The monoisotopic (exact) mass is 423 g/mol. The van der Waals surface area contributed by atoms with Crippen molar-refractivity contribution in [3.63, 3.8) is 0 Å². The van der Waals surface area contributed by atoms with Crippen LogP contribution in [0.4, 0.5) is 11.8 Å². The van der Waals surface area contributed by atoms with E-state index < -0.39 is 0 Å². The fourth-order valence-electron chi connectivity index (χ4n) is 3.34. The van der Waals surface area contributed by atoms with Crippen molar-refractivity contribution < 1.29 is 0 Å². The molecule has 3 aromatic rings. The van der Waals surface area contributed by atoms with Crippen LogP contribution in [0.5, 0.6) is 0 Å². The van der Waals surface area contributed by atoms with Gasteiger partial charge in [-0.05, 0) is 42.7 Å². The van der Waals surface area contributed by atoms with E-state index in [9.17, 15) is 0 Å². The molecule has 0 atom stereocenters. The van der Waals surface area contributed by atoms with Gasteiger partial charge in [-0.25, -0.2) is 4.98 Å². The van der Waals surface area contributed by atoms with Gasteiger partial charge in [-0.3, -0.25) is 4.98 Å². The van der Waals surface area contributed by atoms with E-state index in [1.54, 1.807) is 6.20 Å². The van der Waals surface area contributed by atoms with Gasteiger partial charge in [-0.1, -0.05) is 47.0 Å². The second kappa shape index (κ2) is 8.48. The van der Waals surface area contributed by atoms with Crippen LogP contribution in [0, 0.1) is 0 Å². The number of aromatic nitrogens is 3. The Morgan fingerprint density at radius 1 is 0.963 bits per heavy atom. The Hall–Kier alpha value is -2.47. The molecule has 0 spiro atoms. The molecule has 138 valence electrons. The number of hydrogen-bond acceptors (Lipinski definition) is 5. The number of halogens is 1. The molecule has 1 aliphatic rings. The first-order valence-electron chi connectivity index (χ1n) is 9.31. The van der Waals surface area contributed by atoms with E-state index >= 15 is 0 Å². The van der Waals surface area contributed by atoms with Crippen molar-refractivity contribution >= 4 is 27.7 Å². The van der Waals surface area contributed by atoms with Crippen LogP contribution in [-0.2, 0) is 6.54 Å². The van der Waals surface area contributed by atoms with Crippen LogP contribution < -0.4 is 10.6 Å². The molecular formula is C21H22BrN5. The summed E-state index contributed by atoms with van der Waals surface area (Å²) >= 11 is 3.52. The van der Waals surface area contributed by atoms with Gasteiger partial charge in [-0.15, -0.1) is 0 Å². The maximum atomic E-state index is 4.70. The number of nitrogens with one attached hydrogen (secondary N) is 2. The summed E-state index contributed by atoms with van der Waals surface area (Å²) in [6.07, 6.45) is 6.68. The van der Waals surface area contributed by atoms with Crippen molar-refractivity contribution in [1.82, 2.24) is 15.0 Å². The third-order valence-electron chi connectivity index (χ3n) is 4.70. The fourth-order valence-corrected chi connectivity index (χ4v) is 3.79. The lowest BCUT2D eigenvalue weighted by atomic mass is 10.2. The fraction of sp³-hybridized carbons (Fsp3) is 0.286. The normalized spacial score (nSPS) is 14.3. The molecule has 1 aliphatic carbocycles. The molecule has 4 rings (SSSR count). The van der Waals surface area contributed by atoms with E-state index in [0.717, 1.165) is 21.7 Å². The summed E-state index contributed by atoms with van der Waals surface area (Å²) in [5, 5.41) is 6.93. The SMILES string of the molecule is Brc1cccc(CNc2cc(-c3ccccn3)nc(NC3CCCC3)n2)c1. The van der Waals surface area contributed by atoms with Gasteiger partial charge in [0.25, 0.3) is 0 Å². The van der Waals surface area contributed by atoms with Crippen molar-refractivity contribution in [2.24, 2.45) is 0 Å². The highest BCUT2D eigenvalue weighted by atomic mass is 79.9.